The van der Waals surface area contributed by atoms with E-state index in [9.17, 15) is 4.79 Å². The lowest BCUT2D eigenvalue weighted by atomic mass is 9.97. The first-order valence-electron chi connectivity index (χ1n) is 10.1. The van der Waals surface area contributed by atoms with Crippen LogP contribution in [-0.4, -0.2) is 44.7 Å². The van der Waals surface area contributed by atoms with Gasteiger partial charge in [0.15, 0.2) is 11.5 Å². The Kier molecular flexibility index (Phi) is 7.72. The molecule has 0 radical (unpaired) electrons. The van der Waals surface area contributed by atoms with E-state index in [0.717, 1.165) is 24.6 Å². The summed E-state index contributed by atoms with van der Waals surface area (Å²) in [5.74, 6) is 2.01. The third-order valence-corrected chi connectivity index (χ3v) is 6.41. The van der Waals surface area contributed by atoms with E-state index in [1.54, 1.807) is 37.7 Å². The molecule has 1 aromatic carbocycles. The minimum absolute atomic E-state index is 0.0910. The molecule has 1 aliphatic rings. The van der Waals surface area contributed by atoms with Gasteiger partial charge in [0.25, 0.3) is 0 Å². The SMILES string of the molecule is COc1ccc(/C=C/C(=O)NCC(c2cccs2)N2CCC(C)CC2)cc1OC. The second-order valence-corrected chi connectivity index (χ2v) is 8.42. The molecule has 1 N–H and O–H groups in total. The molecule has 156 valence electrons. The van der Waals surface area contributed by atoms with Gasteiger partial charge in [-0.15, -0.1) is 11.3 Å². The zero-order valence-electron chi connectivity index (χ0n) is 17.4. The molecule has 29 heavy (non-hydrogen) atoms. The Bertz CT molecular complexity index is 812. The van der Waals surface area contributed by atoms with Crippen molar-refractivity contribution < 1.29 is 14.3 Å². The standard InChI is InChI=1S/C23H30N2O3S/c1-17-10-12-25(13-11-17)19(22-5-4-14-29-22)16-24-23(26)9-7-18-6-8-20(27-2)21(15-18)28-3/h4-9,14-15,17,19H,10-13,16H2,1-3H3,(H,24,26)/b9-7+. The molecule has 1 saturated heterocycles. The van der Waals surface area contributed by atoms with Crippen LogP contribution in [0, 0.1) is 5.92 Å². The van der Waals surface area contributed by atoms with Gasteiger partial charge in [0.1, 0.15) is 0 Å². The molecule has 1 fully saturated rings. The first-order chi connectivity index (χ1) is 14.1. The number of nitrogens with zero attached hydrogens (tertiary/aromatic N) is 1. The van der Waals surface area contributed by atoms with Gasteiger partial charge < -0.3 is 14.8 Å². The summed E-state index contributed by atoms with van der Waals surface area (Å²) in [4.78, 5) is 16.2. The zero-order chi connectivity index (χ0) is 20.6. The summed E-state index contributed by atoms with van der Waals surface area (Å²) >= 11 is 1.76. The summed E-state index contributed by atoms with van der Waals surface area (Å²) in [6.07, 6.45) is 5.80. The van der Waals surface area contributed by atoms with Gasteiger partial charge in [-0.3, -0.25) is 9.69 Å². The number of nitrogens with one attached hydrogen (secondary N) is 1. The fourth-order valence-electron chi connectivity index (χ4n) is 3.62. The topological polar surface area (TPSA) is 50.8 Å². The van der Waals surface area contributed by atoms with Crippen molar-refractivity contribution in [1.82, 2.24) is 10.2 Å². The average Bonchev–Trinajstić information content (AvgIpc) is 3.28. The number of thiophene rings is 1. The van der Waals surface area contributed by atoms with Crippen LogP contribution >= 0.6 is 11.3 Å². The van der Waals surface area contributed by atoms with Gasteiger partial charge in [-0.2, -0.15) is 0 Å². The largest absolute Gasteiger partial charge is 0.493 e. The zero-order valence-corrected chi connectivity index (χ0v) is 18.2. The molecule has 1 unspecified atom stereocenters. The van der Waals surface area contributed by atoms with Crippen LogP contribution in [0.3, 0.4) is 0 Å². The number of piperidine rings is 1. The molecule has 2 heterocycles. The number of ether oxygens (including phenoxy) is 2. The number of amides is 1. The number of rotatable bonds is 8. The molecule has 0 aliphatic carbocycles. The number of benzene rings is 1. The van der Waals surface area contributed by atoms with E-state index in [0.29, 0.717) is 18.0 Å². The third-order valence-electron chi connectivity index (χ3n) is 5.44. The highest BCUT2D eigenvalue weighted by Gasteiger charge is 2.25. The van der Waals surface area contributed by atoms with E-state index in [1.807, 2.05) is 18.2 Å². The molecule has 0 bridgehead atoms. The molecule has 0 spiro atoms. The second-order valence-electron chi connectivity index (χ2n) is 7.44. The van der Waals surface area contributed by atoms with Crippen LogP contribution < -0.4 is 14.8 Å². The van der Waals surface area contributed by atoms with Gasteiger partial charge in [-0.05, 0) is 67.1 Å². The van der Waals surface area contributed by atoms with E-state index in [-0.39, 0.29) is 11.9 Å². The van der Waals surface area contributed by atoms with Crippen molar-refractivity contribution in [1.29, 1.82) is 0 Å². The summed E-state index contributed by atoms with van der Waals surface area (Å²) in [6, 6.07) is 10.1. The Labute approximate surface area is 177 Å². The molecule has 6 heteroatoms. The lowest BCUT2D eigenvalue weighted by Crippen LogP contribution is -2.41. The van der Waals surface area contributed by atoms with Crippen LogP contribution in [0.5, 0.6) is 11.5 Å². The Hall–Kier alpha value is -2.31. The Balaban J connectivity index is 1.60. The van der Waals surface area contributed by atoms with Crippen LogP contribution in [0.2, 0.25) is 0 Å². The van der Waals surface area contributed by atoms with Gasteiger partial charge in [0, 0.05) is 17.5 Å². The minimum atomic E-state index is -0.0910. The molecule has 1 atom stereocenters. The fraction of sp³-hybridized carbons (Fsp3) is 0.435. The Morgan fingerprint density at radius 2 is 2.00 bits per heavy atom. The van der Waals surface area contributed by atoms with E-state index >= 15 is 0 Å². The first kappa shape index (κ1) is 21.4. The number of hydrogen-bond donors (Lipinski definition) is 1. The maximum absolute atomic E-state index is 12.4. The van der Waals surface area contributed by atoms with Crippen molar-refractivity contribution >= 4 is 23.3 Å². The quantitative estimate of drug-likeness (QED) is 0.652. The van der Waals surface area contributed by atoms with Crippen molar-refractivity contribution in [2.24, 2.45) is 5.92 Å². The number of likely N-dealkylation sites (tertiary alicyclic amines) is 1. The summed E-state index contributed by atoms with van der Waals surface area (Å²) in [7, 11) is 3.21. The van der Waals surface area contributed by atoms with Crippen LogP contribution in [0.25, 0.3) is 6.08 Å². The predicted molar refractivity (Wildman–Crippen MR) is 119 cm³/mol. The highest BCUT2D eigenvalue weighted by atomic mass is 32.1. The summed E-state index contributed by atoms with van der Waals surface area (Å²) in [6.45, 7) is 5.10. The molecular formula is C23H30N2O3S. The molecule has 5 nitrogen and oxygen atoms in total. The molecule has 1 aromatic heterocycles. The molecule has 0 saturated carbocycles. The van der Waals surface area contributed by atoms with Gasteiger partial charge in [0.05, 0.1) is 20.3 Å². The lowest BCUT2D eigenvalue weighted by molar-refractivity contribution is -0.116. The lowest BCUT2D eigenvalue weighted by Gasteiger charge is -2.36. The third kappa shape index (κ3) is 5.84. The van der Waals surface area contributed by atoms with Crippen LogP contribution in [-0.2, 0) is 4.79 Å². The van der Waals surface area contributed by atoms with Crippen molar-refractivity contribution in [3.05, 3.63) is 52.2 Å². The first-order valence-corrected chi connectivity index (χ1v) is 10.9. The van der Waals surface area contributed by atoms with Crippen LogP contribution in [0.4, 0.5) is 0 Å². The van der Waals surface area contributed by atoms with Crippen molar-refractivity contribution in [2.45, 2.75) is 25.8 Å². The monoisotopic (exact) mass is 414 g/mol. The summed E-state index contributed by atoms with van der Waals surface area (Å²) in [5.41, 5.74) is 0.887. The van der Waals surface area contributed by atoms with E-state index in [2.05, 4.69) is 34.7 Å². The number of carbonyl (C=O) groups excluding carboxylic acids is 1. The van der Waals surface area contributed by atoms with Gasteiger partial charge in [-0.25, -0.2) is 0 Å². The van der Waals surface area contributed by atoms with E-state index in [1.165, 1.54) is 17.7 Å². The Morgan fingerprint density at radius 1 is 1.24 bits per heavy atom. The predicted octanol–water partition coefficient (Wildman–Crippen LogP) is 4.37. The Morgan fingerprint density at radius 3 is 2.66 bits per heavy atom. The molecule has 3 rings (SSSR count). The molecule has 2 aromatic rings. The smallest absolute Gasteiger partial charge is 0.244 e. The van der Waals surface area contributed by atoms with E-state index in [4.69, 9.17) is 9.47 Å². The average molecular weight is 415 g/mol. The highest BCUT2D eigenvalue weighted by molar-refractivity contribution is 7.10. The number of hydrogen-bond acceptors (Lipinski definition) is 5. The normalized spacial score (nSPS) is 16.7. The van der Waals surface area contributed by atoms with Crippen LogP contribution in [0.1, 0.15) is 36.2 Å². The maximum atomic E-state index is 12.4. The summed E-state index contributed by atoms with van der Waals surface area (Å²) < 4.78 is 10.6. The molecule has 1 amide bonds. The van der Waals surface area contributed by atoms with Gasteiger partial charge in [0.2, 0.25) is 5.91 Å². The number of carbonyl (C=O) groups is 1. The van der Waals surface area contributed by atoms with Crippen molar-refractivity contribution in [3.63, 3.8) is 0 Å². The molecular weight excluding hydrogens is 384 g/mol. The highest BCUT2D eigenvalue weighted by Crippen LogP contribution is 2.29. The summed E-state index contributed by atoms with van der Waals surface area (Å²) in [5, 5.41) is 5.19. The van der Waals surface area contributed by atoms with Gasteiger partial charge >= 0.3 is 0 Å². The van der Waals surface area contributed by atoms with Crippen LogP contribution in [0.15, 0.2) is 41.8 Å². The van der Waals surface area contributed by atoms with Crippen molar-refractivity contribution in [2.75, 3.05) is 33.9 Å². The van der Waals surface area contributed by atoms with E-state index < -0.39 is 0 Å². The number of methoxy groups -OCH3 is 2. The fourth-order valence-corrected chi connectivity index (χ4v) is 4.48. The van der Waals surface area contributed by atoms with Gasteiger partial charge in [-0.1, -0.05) is 19.1 Å². The second kappa shape index (κ2) is 10.5. The minimum Gasteiger partial charge on any atom is -0.493 e. The maximum Gasteiger partial charge on any atom is 0.244 e. The molecule has 1 aliphatic heterocycles. The van der Waals surface area contributed by atoms with Crippen molar-refractivity contribution in [3.8, 4) is 11.5 Å².